The van der Waals surface area contributed by atoms with E-state index in [2.05, 4.69) is 15.3 Å². The number of fused-ring (bicyclic) bond motifs is 3. The Balaban J connectivity index is 1.57. The highest BCUT2D eigenvalue weighted by Gasteiger charge is 2.28. The molecule has 0 aliphatic heterocycles. The summed E-state index contributed by atoms with van der Waals surface area (Å²) < 4.78 is 5.65. The van der Waals surface area contributed by atoms with E-state index in [0.717, 1.165) is 34.6 Å². The minimum atomic E-state index is -1.17. The molecule has 0 spiro atoms. The van der Waals surface area contributed by atoms with Crippen molar-refractivity contribution >= 4 is 27.4 Å². The molecule has 4 aromatic heterocycles. The van der Waals surface area contributed by atoms with Crippen LogP contribution >= 0.6 is 11.3 Å². The molecular weight excluding hydrogens is 398 g/mol. The Morgan fingerprint density at radius 2 is 2.07 bits per heavy atom. The lowest BCUT2D eigenvalue weighted by atomic mass is 9.97. The summed E-state index contributed by atoms with van der Waals surface area (Å²) in [7, 11) is 0. The maximum atomic E-state index is 11.0. The molecule has 1 atom stereocenters. The fourth-order valence-electron chi connectivity index (χ4n) is 3.88. The Labute approximate surface area is 178 Å². The number of rotatable bonds is 5. The van der Waals surface area contributed by atoms with Gasteiger partial charge in [0.15, 0.2) is 5.82 Å². The van der Waals surface area contributed by atoms with E-state index in [1.807, 2.05) is 19.1 Å². The van der Waals surface area contributed by atoms with Crippen LogP contribution in [0.15, 0.2) is 35.1 Å². The molecule has 1 aliphatic rings. The number of thiophene rings is 1. The van der Waals surface area contributed by atoms with Crippen LogP contribution in [0.25, 0.3) is 21.7 Å². The van der Waals surface area contributed by atoms with Gasteiger partial charge in [0.25, 0.3) is 0 Å². The average Bonchev–Trinajstić information content (AvgIpc) is 3.36. The van der Waals surface area contributed by atoms with E-state index in [0.29, 0.717) is 17.3 Å². The van der Waals surface area contributed by atoms with Crippen molar-refractivity contribution in [2.75, 3.05) is 11.9 Å². The Morgan fingerprint density at radius 1 is 1.20 bits per heavy atom. The molecule has 5 rings (SSSR count). The molecule has 2 N–H and O–H groups in total. The second-order valence-electron chi connectivity index (χ2n) is 7.92. The summed E-state index contributed by atoms with van der Waals surface area (Å²) in [4.78, 5) is 20.4. The Morgan fingerprint density at radius 3 is 2.83 bits per heavy atom. The summed E-state index contributed by atoms with van der Waals surface area (Å²) in [6.07, 6.45) is 9.44. The van der Waals surface area contributed by atoms with E-state index in [4.69, 9.17) is 14.4 Å². The topological polar surface area (TPSA) is 97.0 Å². The van der Waals surface area contributed by atoms with E-state index in [1.165, 1.54) is 23.3 Å². The number of hydrogen-bond acceptors (Lipinski definition) is 8. The van der Waals surface area contributed by atoms with Crippen LogP contribution in [0.1, 0.15) is 41.7 Å². The van der Waals surface area contributed by atoms with Gasteiger partial charge in [-0.15, -0.1) is 11.3 Å². The van der Waals surface area contributed by atoms with Crippen LogP contribution in [0.2, 0.25) is 0 Å². The van der Waals surface area contributed by atoms with E-state index in [-0.39, 0.29) is 6.54 Å². The first-order chi connectivity index (χ1) is 14.5. The Kier molecular flexibility index (Phi) is 4.75. The van der Waals surface area contributed by atoms with Crippen LogP contribution in [-0.4, -0.2) is 31.6 Å². The average molecular weight is 422 g/mol. The van der Waals surface area contributed by atoms with Crippen molar-refractivity contribution in [2.24, 2.45) is 0 Å². The van der Waals surface area contributed by atoms with Gasteiger partial charge >= 0.3 is 0 Å². The standard InChI is InChI=1S/C22H23N5O2S/c1-13-7-8-17(29-13)22(2,28)12-25-20-18-14-5-3-4-6-16(14)30-21(18)27-19(26-20)15-11-23-9-10-24-15/h7-11,28H,3-6,12H2,1-2H3,(H,25,26,27). The number of aliphatic hydroxyl groups is 1. The van der Waals surface area contributed by atoms with Crippen LogP contribution in [0.3, 0.4) is 0 Å². The zero-order valence-corrected chi connectivity index (χ0v) is 17.8. The summed E-state index contributed by atoms with van der Waals surface area (Å²) >= 11 is 1.74. The number of aryl methyl sites for hydroxylation is 3. The molecular formula is C22H23N5O2S. The van der Waals surface area contributed by atoms with Crippen molar-refractivity contribution in [3.63, 3.8) is 0 Å². The fourth-order valence-corrected chi connectivity index (χ4v) is 5.14. The monoisotopic (exact) mass is 421 g/mol. The minimum Gasteiger partial charge on any atom is -0.463 e. The van der Waals surface area contributed by atoms with Gasteiger partial charge in [0.1, 0.15) is 33.5 Å². The molecule has 7 nitrogen and oxygen atoms in total. The maximum Gasteiger partial charge on any atom is 0.183 e. The third kappa shape index (κ3) is 3.46. The van der Waals surface area contributed by atoms with Crippen molar-refractivity contribution in [1.82, 2.24) is 19.9 Å². The van der Waals surface area contributed by atoms with E-state index < -0.39 is 5.60 Å². The van der Waals surface area contributed by atoms with Gasteiger partial charge in [0, 0.05) is 17.3 Å². The van der Waals surface area contributed by atoms with E-state index >= 15 is 0 Å². The molecule has 8 heteroatoms. The summed E-state index contributed by atoms with van der Waals surface area (Å²) in [5, 5.41) is 15.4. The van der Waals surface area contributed by atoms with E-state index in [9.17, 15) is 5.11 Å². The highest BCUT2D eigenvalue weighted by molar-refractivity contribution is 7.19. The summed E-state index contributed by atoms with van der Waals surface area (Å²) in [5.41, 5.74) is 0.791. The molecule has 0 amide bonds. The van der Waals surface area contributed by atoms with Crippen LogP contribution in [0.5, 0.6) is 0 Å². The van der Waals surface area contributed by atoms with Crippen LogP contribution in [0, 0.1) is 6.92 Å². The molecule has 30 heavy (non-hydrogen) atoms. The zero-order valence-electron chi connectivity index (χ0n) is 17.0. The maximum absolute atomic E-state index is 11.0. The van der Waals surface area contributed by atoms with Crippen molar-refractivity contribution in [3.8, 4) is 11.5 Å². The molecule has 0 saturated carbocycles. The number of nitrogens with one attached hydrogen (secondary N) is 1. The van der Waals surface area contributed by atoms with Gasteiger partial charge in [0.2, 0.25) is 0 Å². The molecule has 0 fully saturated rings. The first-order valence-corrected chi connectivity index (χ1v) is 10.9. The van der Waals surface area contributed by atoms with Crippen LogP contribution in [0.4, 0.5) is 5.82 Å². The lowest BCUT2D eigenvalue weighted by Crippen LogP contribution is -2.30. The minimum absolute atomic E-state index is 0.261. The normalized spacial score (nSPS) is 15.7. The number of anilines is 1. The third-order valence-electron chi connectivity index (χ3n) is 5.48. The van der Waals surface area contributed by atoms with Crippen molar-refractivity contribution in [1.29, 1.82) is 0 Å². The molecule has 0 saturated heterocycles. The predicted molar refractivity (Wildman–Crippen MR) is 117 cm³/mol. The number of hydrogen-bond donors (Lipinski definition) is 2. The molecule has 0 bridgehead atoms. The van der Waals surface area contributed by atoms with Gasteiger partial charge in [-0.2, -0.15) is 0 Å². The second kappa shape index (κ2) is 7.45. The van der Waals surface area contributed by atoms with Gasteiger partial charge in [-0.1, -0.05) is 0 Å². The van der Waals surface area contributed by atoms with Gasteiger partial charge in [-0.25, -0.2) is 15.0 Å². The van der Waals surface area contributed by atoms with Gasteiger partial charge in [-0.05, 0) is 57.2 Å². The number of aromatic nitrogens is 4. The molecule has 0 radical (unpaired) electrons. The Bertz CT molecular complexity index is 1200. The summed E-state index contributed by atoms with van der Waals surface area (Å²) in [5.74, 6) is 2.56. The zero-order chi connectivity index (χ0) is 20.7. The summed E-state index contributed by atoms with van der Waals surface area (Å²) in [6, 6.07) is 3.66. The predicted octanol–water partition coefficient (Wildman–Crippen LogP) is 4.25. The Hall–Kier alpha value is -2.84. The number of furan rings is 1. The van der Waals surface area contributed by atoms with Gasteiger partial charge < -0.3 is 14.8 Å². The molecule has 154 valence electrons. The summed E-state index contributed by atoms with van der Waals surface area (Å²) in [6.45, 7) is 3.87. The molecule has 1 unspecified atom stereocenters. The fraction of sp³-hybridized carbons (Fsp3) is 0.364. The first-order valence-electron chi connectivity index (χ1n) is 10.1. The first kappa shape index (κ1) is 19.1. The van der Waals surface area contributed by atoms with Crippen molar-refractivity contribution in [2.45, 2.75) is 45.1 Å². The van der Waals surface area contributed by atoms with Gasteiger partial charge in [0.05, 0.1) is 18.1 Å². The SMILES string of the molecule is Cc1ccc(C(C)(O)CNc2nc(-c3cnccn3)nc3sc4c(c23)CCCC4)o1. The molecule has 0 aromatic carbocycles. The van der Waals surface area contributed by atoms with Gasteiger partial charge in [-0.3, -0.25) is 4.98 Å². The molecule has 4 aromatic rings. The lowest BCUT2D eigenvalue weighted by molar-refractivity contribution is 0.0467. The number of nitrogens with zero attached hydrogens (tertiary/aromatic N) is 4. The third-order valence-corrected chi connectivity index (χ3v) is 6.66. The van der Waals surface area contributed by atoms with Crippen molar-refractivity contribution in [3.05, 3.63) is 52.7 Å². The largest absolute Gasteiger partial charge is 0.463 e. The molecule has 1 aliphatic carbocycles. The second-order valence-corrected chi connectivity index (χ2v) is 9.00. The van der Waals surface area contributed by atoms with Crippen LogP contribution in [-0.2, 0) is 18.4 Å². The molecule has 4 heterocycles. The smallest absolute Gasteiger partial charge is 0.183 e. The van der Waals surface area contributed by atoms with Crippen LogP contribution < -0.4 is 5.32 Å². The van der Waals surface area contributed by atoms with E-state index in [1.54, 1.807) is 36.9 Å². The highest BCUT2D eigenvalue weighted by atomic mass is 32.1. The lowest BCUT2D eigenvalue weighted by Gasteiger charge is -2.22. The van der Waals surface area contributed by atoms with Crippen molar-refractivity contribution < 1.29 is 9.52 Å². The highest BCUT2D eigenvalue weighted by Crippen LogP contribution is 2.39. The quantitative estimate of drug-likeness (QED) is 0.497.